The van der Waals surface area contributed by atoms with Crippen LogP contribution in [0.3, 0.4) is 0 Å². The van der Waals surface area contributed by atoms with E-state index >= 15 is 0 Å². The van der Waals surface area contributed by atoms with Crippen LogP contribution in [-0.2, 0) is 0 Å². The SMILES string of the molecule is CC(=Nc1ccccc1N=C(C)c1ccccn1)c1ccccn1. The lowest BCUT2D eigenvalue weighted by atomic mass is 10.2. The summed E-state index contributed by atoms with van der Waals surface area (Å²) in [4.78, 5) is 18.1. The van der Waals surface area contributed by atoms with Gasteiger partial charge in [-0.15, -0.1) is 0 Å². The molecule has 0 N–H and O–H groups in total. The van der Waals surface area contributed by atoms with Crippen LogP contribution in [0.4, 0.5) is 11.4 Å². The molecule has 0 unspecified atom stereocenters. The Morgan fingerprint density at radius 1 is 0.625 bits per heavy atom. The maximum atomic E-state index is 4.70. The molecule has 3 aromatic rings. The minimum absolute atomic E-state index is 0.816. The Labute approximate surface area is 141 Å². The van der Waals surface area contributed by atoms with Gasteiger partial charge in [-0.1, -0.05) is 24.3 Å². The summed E-state index contributed by atoms with van der Waals surface area (Å²) in [6.45, 7) is 3.91. The summed E-state index contributed by atoms with van der Waals surface area (Å²) >= 11 is 0. The quantitative estimate of drug-likeness (QED) is 0.652. The van der Waals surface area contributed by atoms with Crippen molar-refractivity contribution in [3.05, 3.63) is 84.4 Å². The zero-order chi connectivity index (χ0) is 16.8. The molecule has 2 aromatic heterocycles. The summed E-state index contributed by atoms with van der Waals surface area (Å²) in [5.41, 5.74) is 5.06. The van der Waals surface area contributed by atoms with Gasteiger partial charge in [-0.25, -0.2) is 9.98 Å². The average molecular weight is 314 g/mol. The fraction of sp³-hybridized carbons (Fsp3) is 0.100. The molecule has 0 amide bonds. The molecule has 118 valence electrons. The highest BCUT2D eigenvalue weighted by Crippen LogP contribution is 2.28. The number of para-hydroxylation sites is 2. The van der Waals surface area contributed by atoms with Crippen LogP contribution in [0.1, 0.15) is 25.2 Å². The Morgan fingerprint density at radius 3 is 1.42 bits per heavy atom. The first kappa shape index (κ1) is 15.7. The summed E-state index contributed by atoms with van der Waals surface area (Å²) in [6.07, 6.45) is 3.53. The van der Waals surface area contributed by atoms with E-state index < -0.39 is 0 Å². The summed E-state index contributed by atoms with van der Waals surface area (Å²) < 4.78 is 0. The lowest BCUT2D eigenvalue weighted by Gasteiger charge is -2.05. The van der Waals surface area contributed by atoms with Gasteiger partial charge in [-0.05, 0) is 50.2 Å². The highest BCUT2D eigenvalue weighted by Gasteiger charge is 2.04. The Kier molecular flexibility index (Phi) is 4.87. The monoisotopic (exact) mass is 314 g/mol. The van der Waals surface area contributed by atoms with Gasteiger partial charge in [-0.3, -0.25) is 9.97 Å². The van der Waals surface area contributed by atoms with Crippen LogP contribution in [0, 0.1) is 0 Å². The van der Waals surface area contributed by atoms with Crippen LogP contribution in [0.15, 0.2) is 83.0 Å². The molecule has 0 fully saturated rings. The Balaban J connectivity index is 1.97. The van der Waals surface area contributed by atoms with Crippen molar-refractivity contribution < 1.29 is 0 Å². The summed E-state index contributed by atoms with van der Waals surface area (Å²) in [5.74, 6) is 0. The molecular weight excluding hydrogens is 296 g/mol. The Hall–Kier alpha value is -3.14. The number of aromatic nitrogens is 2. The van der Waals surface area contributed by atoms with Crippen molar-refractivity contribution in [1.82, 2.24) is 9.97 Å². The van der Waals surface area contributed by atoms with Crippen LogP contribution >= 0.6 is 0 Å². The summed E-state index contributed by atoms with van der Waals surface area (Å²) in [6, 6.07) is 19.4. The number of hydrogen-bond donors (Lipinski definition) is 0. The molecule has 0 aliphatic heterocycles. The predicted octanol–water partition coefficient (Wildman–Crippen LogP) is 4.76. The van der Waals surface area contributed by atoms with Crippen LogP contribution in [0.25, 0.3) is 0 Å². The second-order valence-corrected chi connectivity index (χ2v) is 5.31. The van der Waals surface area contributed by atoms with Gasteiger partial charge in [0.25, 0.3) is 0 Å². The summed E-state index contributed by atoms with van der Waals surface area (Å²) in [7, 11) is 0. The number of nitrogens with zero attached hydrogens (tertiary/aromatic N) is 4. The van der Waals surface area contributed by atoms with E-state index in [2.05, 4.69) is 9.97 Å². The molecule has 0 spiro atoms. The van der Waals surface area contributed by atoms with Gasteiger partial charge >= 0.3 is 0 Å². The van der Waals surface area contributed by atoms with Crippen molar-refractivity contribution in [3.63, 3.8) is 0 Å². The van der Waals surface area contributed by atoms with Gasteiger partial charge in [0.2, 0.25) is 0 Å². The number of benzene rings is 1. The largest absolute Gasteiger partial charge is 0.255 e. The molecule has 1 aromatic carbocycles. The van der Waals surface area contributed by atoms with Crippen molar-refractivity contribution in [1.29, 1.82) is 0 Å². The van der Waals surface area contributed by atoms with E-state index in [0.717, 1.165) is 34.2 Å². The third-order valence-corrected chi connectivity index (χ3v) is 3.53. The van der Waals surface area contributed by atoms with Crippen LogP contribution in [-0.4, -0.2) is 21.4 Å². The Bertz CT molecular complexity index is 794. The highest BCUT2D eigenvalue weighted by atomic mass is 14.9. The molecule has 0 aliphatic rings. The number of pyridine rings is 2. The van der Waals surface area contributed by atoms with Crippen LogP contribution in [0.2, 0.25) is 0 Å². The second-order valence-electron chi connectivity index (χ2n) is 5.31. The molecule has 0 saturated heterocycles. The van der Waals surface area contributed by atoms with Gasteiger partial charge in [0.1, 0.15) is 0 Å². The lowest BCUT2D eigenvalue weighted by Crippen LogP contribution is -1.98. The van der Waals surface area contributed by atoms with Crippen LogP contribution < -0.4 is 0 Å². The number of rotatable bonds is 4. The fourth-order valence-electron chi connectivity index (χ4n) is 2.28. The van der Waals surface area contributed by atoms with Crippen molar-refractivity contribution in [2.75, 3.05) is 0 Å². The predicted molar refractivity (Wildman–Crippen MR) is 98.7 cm³/mol. The van der Waals surface area contributed by atoms with Crippen molar-refractivity contribution in [3.8, 4) is 0 Å². The van der Waals surface area contributed by atoms with E-state index in [1.54, 1.807) is 12.4 Å². The molecule has 0 atom stereocenters. The van der Waals surface area contributed by atoms with E-state index in [0.29, 0.717) is 0 Å². The van der Waals surface area contributed by atoms with Gasteiger partial charge in [0.15, 0.2) is 0 Å². The first-order valence-electron chi connectivity index (χ1n) is 7.76. The summed E-state index contributed by atoms with van der Waals surface area (Å²) in [5, 5.41) is 0. The maximum absolute atomic E-state index is 4.70. The molecular formula is C20H18N4. The molecule has 4 heteroatoms. The normalized spacial score (nSPS) is 12.2. The third kappa shape index (κ3) is 3.79. The highest BCUT2D eigenvalue weighted by molar-refractivity contribution is 6.01. The zero-order valence-corrected chi connectivity index (χ0v) is 13.7. The third-order valence-electron chi connectivity index (χ3n) is 3.53. The smallest absolute Gasteiger partial charge is 0.0890 e. The van der Waals surface area contributed by atoms with Gasteiger partial charge in [0.05, 0.1) is 34.2 Å². The lowest BCUT2D eigenvalue weighted by molar-refractivity contribution is 1.27. The second kappa shape index (κ2) is 7.42. The van der Waals surface area contributed by atoms with Gasteiger partial charge in [0, 0.05) is 12.4 Å². The molecule has 24 heavy (non-hydrogen) atoms. The molecule has 0 radical (unpaired) electrons. The van der Waals surface area contributed by atoms with Gasteiger partial charge in [-0.2, -0.15) is 0 Å². The fourth-order valence-corrected chi connectivity index (χ4v) is 2.28. The maximum Gasteiger partial charge on any atom is 0.0890 e. The topological polar surface area (TPSA) is 50.5 Å². The molecule has 0 aliphatic carbocycles. The first-order valence-corrected chi connectivity index (χ1v) is 7.76. The molecule has 0 saturated carbocycles. The number of hydrogen-bond acceptors (Lipinski definition) is 4. The number of aliphatic imine (C=N–C) groups is 2. The van der Waals surface area contributed by atoms with E-state index in [9.17, 15) is 0 Å². The van der Waals surface area contributed by atoms with Crippen LogP contribution in [0.5, 0.6) is 0 Å². The molecule has 3 rings (SSSR count). The van der Waals surface area contributed by atoms with E-state index in [1.165, 1.54) is 0 Å². The van der Waals surface area contributed by atoms with E-state index in [1.807, 2.05) is 74.5 Å². The molecule has 4 nitrogen and oxygen atoms in total. The van der Waals surface area contributed by atoms with Crippen molar-refractivity contribution >= 4 is 22.8 Å². The molecule has 2 heterocycles. The van der Waals surface area contributed by atoms with Crippen molar-refractivity contribution in [2.24, 2.45) is 9.98 Å². The Morgan fingerprint density at radius 2 is 1.04 bits per heavy atom. The van der Waals surface area contributed by atoms with Gasteiger partial charge < -0.3 is 0 Å². The van der Waals surface area contributed by atoms with E-state index in [-0.39, 0.29) is 0 Å². The zero-order valence-electron chi connectivity index (χ0n) is 13.7. The average Bonchev–Trinajstić information content (AvgIpc) is 2.64. The minimum Gasteiger partial charge on any atom is -0.255 e. The molecule has 0 bridgehead atoms. The minimum atomic E-state index is 0.816. The van der Waals surface area contributed by atoms with Crippen molar-refractivity contribution in [2.45, 2.75) is 13.8 Å². The van der Waals surface area contributed by atoms with E-state index in [4.69, 9.17) is 9.98 Å². The standard InChI is InChI=1S/C20H18N4/c1-15(17-9-5-7-13-21-17)23-19-11-3-4-12-20(19)24-16(2)18-10-6-8-14-22-18/h3-14H,1-2H3. The first-order chi connectivity index (χ1) is 11.7.